The molecule has 0 bridgehead atoms. The zero-order valence-electron chi connectivity index (χ0n) is 16.1. The van der Waals surface area contributed by atoms with E-state index in [1.165, 1.54) is 0 Å². The van der Waals surface area contributed by atoms with E-state index in [0.717, 1.165) is 22.6 Å². The van der Waals surface area contributed by atoms with Crippen LogP contribution in [0.15, 0.2) is 67.1 Å². The number of nitrogens with two attached hydrogens (primary N) is 1. The second kappa shape index (κ2) is 8.07. The highest BCUT2D eigenvalue weighted by atomic mass is 16.5. The van der Waals surface area contributed by atoms with Gasteiger partial charge in [-0.05, 0) is 42.0 Å². The first-order chi connectivity index (χ1) is 14.2. The average molecular weight is 387 g/mol. The SMILES string of the molecule is COc1cccc(Nc2nc(-c3cccnc3C(N)c3ccncc3)nn2C)c1. The van der Waals surface area contributed by atoms with Crippen LogP contribution in [0.1, 0.15) is 17.3 Å². The highest BCUT2D eigenvalue weighted by molar-refractivity contribution is 5.63. The van der Waals surface area contributed by atoms with Gasteiger partial charge in [0.05, 0.1) is 18.8 Å². The van der Waals surface area contributed by atoms with Gasteiger partial charge in [-0.2, -0.15) is 4.98 Å². The zero-order valence-corrected chi connectivity index (χ0v) is 16.1. The minimum atomic E-state index is -0.409. The lowest BCUT2D eigenvalue weighted by molar-refractivity contribution is 0.415. The van der Waals surface area contributed by atoms with Crippen molar-refractivity contribution in [2.75, 3.05) is 12.4 Å². The maximum atomic E-state index is 6.47. The number of nitrogens with one attached hydrogen (secondary N) is 1. The molecule has 0 radical (unpaired) electrons. The summed E-state index contributed by atoms with van der Waals surface area (Å²) < 4.78 is 6.96. The fourth-order valence-corrected chi connectivity index (χ4v) is 3.02. The van der Waals surface area contributed by atoms with Crippen LogP contribution in [0.2, 0.25) is 0 Å². The van der Waals surface area contributed by atoms with Crippen molar-refractivity contribution in [1.82, 2.24) is 24.7 Å². The Labute approximate surface area is 168 Å². The molecule has 0 saturated carbocycles. The fourth-order valence-electron chi connectivity index (χ4n) is 3.02. The number of benzene rings is 1. The monoisotopic (exact) mass is 387 g/mol. The normalized spacial score (nSPS) is 11.8. The fraction of sp³-hybridized carbons (Fsp3) is 0.143. The van der Waals surface area contributed by atoms with Crippen molar-refractivity contribution in [3.8, 4) is 17.1 Å². The number of aromatic nitrogens is 5. The number of aryl methyl sites for hydroxylation is 1. The molecule has 1 atom stereocenters. The Hall–Kier alpha value is -3.78. The third-order valence-electron chi connectivity index (χ3n) is 4.53. The van der Waals surface area contributed by atoms with Crippen LogP contribution in [0.4, 0.5) is 11.6 Å². The van der Waals surface area contributed by atoms with Crippen molar-refractivity contribution in [2.24, 2.45) is 12.8 Å². The predicted molar refractivity (Wildman–Crippen MR) is 111 cm³/mol. The average Bonchev–Trinajstić information content (AvgIpc) is 3.14. The van der Waals surface area contributed by atoms with Crippen molar-refractivity contribution >= 4 is 11.6 Å². The molecule has 1 aromatic carbocycles. The molecular formula is C21H21N7O. The number of nitrogens with zero attached hydrogens (tertiary/aromatic N) is 5. The number of rotatable bonds is 6. The molecule has 0 aliphatic rings. The third kappa shape index (κ3) is 3.92. The minimum absolute atomic E-state index is 0.409. The first-order valence-corrected chi connectivity index (χ1v) is 9.08. The topological polar surface area (TPSA) is 104 Å². The van der Waals surface area contributed by atoms with Gasteiger partial charge in [-0.3, -0.25) is 9.97 Å². The van der Waals surface area contributed by atoms with E-state index in [4.69, 9.17) is 10.5 Å². The molecule has 0 aliphatic heterocycles. The Morgan fingerprint density at radius 3 is 2.69 bits per heavy atom. The summed E-state index contributed by atoms with van der Waals surface area (Å²) in [5.74, 6) is 1.90. The second-order valence-corrected chi connectivity index (χ2v) is 6.43. The van der Waals surface area contributed by atoms with Gasteiger partial charge in [-0.25, -0.2) is 4.68 Å². The second-order valence-electron chi connectivity index (χ2n) is 6.43. The molecular weight excluding hydrogens is 366 g/mol. The van der Waals surface area contributed by atoms with Gasteiger partial charge in [-0.1, -0.05) is 6.07 Å². The Bertz CT molecular complexity index is 1110. The molecule has 29 heavy (non-hydrogen) atoms. The Morgan fingerprint density at radius 2 is 1.90 bits per heavy atom. The van der Waals surface area contributed by atoms with Crippen molar-refractivity contribution in [3.63, 3.8) is 0 Å². The maximum absolute atomic E-state index is 6.47. The third-order valence-corrected chi connectivity index (χ3v) is 4.53. The van der Waals surface area contributed by atoms with Gasteiger partial charge in [0.25, 0.3) is 0 Å². The molecule has 4 rings (SSSR count). The summed E-state index contributed by atoms with van der Waals surface area (Å²) in [6, 6.07) is 14.7. The molecule has 3 aromatic heterocycles. The summed E-state index contributed by atoms with van der Waals surface area (Å²) in [7, 11) is 3.47. The summed E-state index contributed by atoms with van der Waals surface area (Å²) in [5.41, 5.74) is 9.74. The van der Waals surface area contributed by atoms with Crippen LogP contribution in [-0.4, -0.2) is 31.8 Å². The molecule has 8 nitrogen and oxygen atoms in total. The molecule has 4 aromatic rings. The van der Waals surface area contributed by atoms with Gasteiger partial charge < -0.3 is 15.8 Å². The lowest BCUT2D eigenvalue weighted by Gasteiger charge is -2.13. The summed E-state index contributed by atoms with van der Waals surface area (Å²) in [6.45, 7) is 0. The molecule has 0 saturated heterocycles. The number of pyridine rings is 2. The van der Waals surface area contributed by atoms with E-state index < -0.39 is 6.04 Å². The van der Waals surface area contributed by atoms with E-state index in [1.807, 2.05) is 55.6 Å². The number of hydrogen-bond acceptors (Lipinski definition) is 7. The summed E-state index contributed by atoms with van der Waals surface area (Å²) in [5, 5.41) is 7.83. The van der Waals surface area contributed by atoms with E-state index in [9.17, 15) is 0 Å². The van der Waals surface area contributed by atoms with Crippen molar-refractivity contribution in [3.05, 3.63) is 78.4 Å². The van der Waals surface area contributed by atoms with Crippen LogP contribution < -0.4 is 15.8 Å². The molecule has 0 amide bonds. The van der Waals surface area contributed by atoms with Crippen LogP contribution >= 0.6 is 0 Å². The summed E-state index contributed by atoms with van der Waals surface area (Å²) in [6.07, 6.45) is 5.15. The quantitative estimate of drug-likeness (QED) is 0.524. The molecule has 8 heteroatoms. The van der Waals surface area contributed by atoms with Gasteiger partial charge in [0.15, 0.2) is 5.82 Å². The van der Waals surface area contributed by atoms with Crippen molar-refractivity contribution in [2.45, 2.75) is 6.04 Å². The molecule has 3 N–H and O–H groups in total. The number of hydrogen-bond donors (Lipinski definition) is 2. The van der Waals surface area contributed by atoms with E-state index in [2.05, 4.69) is 25.4 Å². The van der Waals surface area contributed by atoms with Crippen LogP contribution in [0.3, 0.4) is 0 Å². The molecule has 146 valence electrons. The van der Waals surface area contributed by atoms with Crippen LogP contribution in [0.5, 0.6) is 5.75 Å². The molecule has 0 spiro atoms. The zero-order chi connectivity index (χ0) is 20.2. The molecule has 0 aliphatic carbocycles. The molecule has 0 fully saturated rings. The maximum Gasteiger partial charge on any atom is 0.225 e. The first-order valence-electron chi connectivity index (χ1n) is 9.08. The Morgan fingerprint density at radius 1 is 1.07 bits per heavy atom. The van der Waals surface area contributed by atoms with Gasteiger partial charge in [0.1, 0.15) is 5.75 Å². The lowest BCUT2D eigenvalue weighted by atomic mass is 10.0. The van der Waals surface area contributed by atoms with E-state index in [1.54, 1.807) is 30.4 Å². The van der Waals surface area contributed by atoms with Gasteiger partial charge in [0, 0.05) is 43.0 Å². The Balaban J connectivity index is 1.67. The summed E-state index contributed by atoms with van der Waals surface area (Å²) in [4.78, 5) is 13.2. The van der Waals surface area contributed by atoms with E-state index >= 15 is 0 Å². The highest BCUT2D eigenvalue weighted by Gasteiger charge is 2.19. The van der Waals surface area contributed by atoms with Crippen LogP contribution in [0, 0.1) is 0 Å². The number of methoxy groups -OCH3 is 1. The number of anilines is 2. The van der Waals surface area contributed by atoms with Gasteiger partial charge in [0.2, 0.25) is 5.95 Å². The van der Waals surface area contributed by atoms with Crippen LogP contribution in [0.25, 0.3) is 11.4 Å². The molecule has 1 unspecified atom stereocenters. The van der Waals surface area contributed by atoms with Crippen molar-refractivity contribution < 1.29 is 4.74 Å². The smallest absolute Gasteiger partial charge is 0.225 e. The standard InChI is InChI=1S/C21H21N7O/c1-28-21(25-15-5-3-6-16(13-15)29-2)26-20(27-28)17-7-4-10-24-19(17)18(22)14-8-11-23-12-9-14/h3-13,18H,22H2,1-2H3,(H,25,26,27). The van der Waals surface area contributed by atoms with E-state index in [-0.39, 0.29) is 0 Å². The van der Waals surface area contributed by atoms with Crippen LogP contribution in [-0.2, 0) is 7.05 Å². The predicted octanol–water partition coefficient (Wildman–Crippen LogP) is 3.07. The highest BCUT2D eigenvalue weighted by Crippen LogP contribution is 2.28. The van der Waals surface area contributed by atoms with Gasteiger partial charge >= 0.3 is 0 Å². The number of ether oxygens (including phenoxy) is 1. The molecule has 3 heterocycles. The lowest BCUT2D eigenvalue weighted by Crippen LogP contribution is -2.15. The minimum Gasteiger partial charge on any atom is -0.497 e. The first kappa shape index (κ1) is 18.6. The van der Waals surface area contributed by atoms with Crippen molar-refractivity contribution in [1.29, 1.82) is 0 Å². The Kier molecular flexibility index (Phi) is 5.17. The van der Waals surface area contributed by atoms with E-state index in [0.29, 0.717) is 17.5 Å². The van der Waals surface area contributed by atoms with Gasteiger partial charge in [-0.15, -0.1) is 5.10 Å². The summed E-state index contributed by atoms with van der Waals surface area (Å²) >= 11 is 0. The largest absolute Gasteiger partial charge is 0.497 e.